The minimum absolute atomic E-state index is 0.255. The smallest absolute Gasteiger partial charge is 0.147 e. The molecule has 2 rings (SSSR count). The van der Waals surface area contributed by atoms with Crippen LogP contribution in [-0.2, 0) is 11.2 Å². The summed E-state index contributed by atoms with van der Waals surface area (Å²) in [7, 11) is 0. The van der Waals surface area contributed by atoms with Crippen molar-refractivity contribution >= 4 is 23.4 Å². The van der Waals surface area contributed by atoms with Crippen molar-refractivity contribution in [3.63, 3.8) is 0 Å². The average molecular weight is 264 g/mol. The molecule has 0 amide bonds. The summed E-state index contributed by atoms with van der Waals surface area (Å²) in [5.41, 5.74) is 6.59. The molecule has 0 radical (unpaired) electrons. The fraction of sp³-hybridized carbons (Fsp3) is 0.571. The first-order chi connectivity index (χ1) is 8.75. The van der Waals surface area contributed by atoms with E-state index in [-0.39, 0.29) is 5.78 Å². The zero-order chi connectivity index (χ0) is 12.8. The summed E-state index contributed by atoms with van der Waals surface area (Å²) < 4.78 is 0. The van der Waals surface area contributed by atoms with Crippen LogP contribution in [0.5, 0.6) is 0 Å². The Bertz CT molecular complexity index is 403. The van der Waals surface area contributed by atoms with Crippen LogP contribution in [-0.4, -0.2) is 21.8 Å². The molecule has 1 aromatic rings. The molecule has 0 saturated heterocycles. The van der Waals surface area contributed by atoms with Crippen molar-refractivity contribution in [1.82, 2.24) is 4.98 Å². The maximum Gasteiger partial charge on any atom is 0.147 e. The van der Waals surface area contributed by atoms with Gasteiger partial charge in [0.15, 0.2) is 0 Å². The molecule has 0 bridgehead atoms. The second-order valence-electron chi connectivity index (χ2n) is 4.83. The number of pyridine rings is 1. The lowest BCUT2D eigenvalue weighted by Crippen LogP contribution is -2.14. The molecule has 1 saturated carbocycles. The van der Waals surface area contributed by atoms with Gasteiger partial charge in [0.1, 0.15) is 11.6 Å². The normalized spacial score (nSPS) is 16.7. The van der Waals surface area contributed by atoms with Gasteiger partial charge >= 0.3 is 0 Å². The van der Waals surface area contributed by atoms with E-state index in [1.165, 1.54) is 32.1 Å². The van der Waals surface area contributed by atoms with Crippen molar-refractivity contribution in [2.75, 3.05) is 11.5 Å². The number of rotatable bonds is 5. The van der Waals surface area contributed by atoms with Gasteiger partial charge < -0.3 is 5.73 Å². The second-order valence-corrected chi connectivity index (χ2v) is 6.12. The first-order valence-corrected chi connectivity index (χ1v) is 7.63. The van der Waals surface area contributed by atoms with E-state index in [0.717, 1.165) is 5.56 Å². The number of carbonyl (C=O) groups is 1. The van der Waals surface area contributed by atoms with Crippen molar-refractivity contribution in [1.29, 1.82) is 0 Å². The minimum atomic E-state index is 0.255. The van der Waals surface area contributed by atoms with Crippen LogP contribution >= 0.6 is 11.8 Å². The zero-order valence-corrected chi connectivity index (χ0v) is 11.4. The molecular formula is C14H20N2OS. The number of hydrogen-bond acceptors (Lipinski definition) is 4. The van der Waals surface area contributed by atoms with E-state index in [2.05, 4.69) is 4.98 Å². The Morgan fingerprint density at radius 1 is 1.39 bits per heavy atom. The topological polar surface area (TPSA) is 56.0 Å². The molecule has 0 atom stereocenters. The van der Waals surface area contributed by atoms with Crippen molar-refractivity contribution in [2.24, 2.45) is 0 Å². The van der Waals surface area contributed by atoms with Crippen LogP contribution in [0, 0.1) is 0 Å². The fourth-order valence-corrected chi connectivity index (χ4v) is 3.50. The third kappa shape index (κ3) is 4.02. The summed E-state index contributed by atoms with van der Waals surface area (Å²) in [6, 6.07) is 3.71. The summed E-state index contributed by atoms with van der Waals surface area (Å²) in [5.74, 6) is 1.35. The van der Waals surface area contributed by atoms with Gasteiger partial charge in [0.05, 0.1) is 5.75 Å². The van der Waals surface area contributed by atoms with Crippen LogP contribution in [0.25, 0.3) is 0 Å². The van der Waals surface area contributed by atoms with E-state index < -0.39 is 0 Å². The molecule has 0 aliphatic heterocycles. The lowest BCUT2D eigenvalue weighted by atomic mass is 10.0. The highest BCUT2D eigenvalue weighted by Crippen LogP contribution is 2.28. The molecular weight excluding hydrogens is 244 g/mol. The third-order valence-corrected chi connectivity index (χ3v) is 4.78. The second kappa shape index (κ2) is 6.78. The summed E-state index contributed by atoms with van der Waals surface area (Å²) in [6.45, 7) is 0. The van der Waals surface area contributed by atoms with Gasteiger partial charge in [0, 0.05) is 23.4 Å². The van der Waals surface area contributed by atoms with Crippen molar-refractivity contribution in [2.45, 2.75) is 43.8 Å². The van der Waals surface area contributed by atoms with Crippen LogP contribution in [0.2, 0.25) is 0 Å². The van der Waals surface area contributed by atoms with Crippen molar-refractivity contribution in [3.05, 3.63) is 23.9 Å². The van der Waals surface area contributed by atoms with E-state index in [0.29, 0.717) is 23.2 Å². The molecule has 0 unspecified atom stereocenters. The van der Waals surface area contributed by atoms with Crippen LogP contribution in [0.1, 0.15) is 37.7 Å². The highest BCUT2D eigenvalue weighted by Gasteiger charge is 2.15. The predicted molar refractivity (Wildman–Crippen MR) is 76.7 cm³/mol. The number of carbonyl (C=O) groups excluding carboxylic acids is 1. The molecule has 0 aromatic carbocycles. The number of thioether (sulfide) groups is 1. The fourth-order valence-electron chi connectivity index (χ4n) is 2.31. The third-order valence-electron chi connectivity index (χ3n) is 3.35. The standard InChI is InChI=1S/C14H20N2OS/c15-14-11(5-4-8-16-14)9-12(17)10-18-13-6-2-1-3-7-13/h4-5,8,13H,1-3,6-7,9-10H2,(H2,15,16). The number of ketones is 1. The van der Waals surface area contributed by atoms with E-state index >= 15 is 0 Å². The van der Waals surface area contributed by atoms with Gasteiger partial charge in [-0.05, 0) is 18.9 Å². The molecule has 1 aliphatic carbocycles. The van der Waals surface area contributed by atoms with Crippen molar-refractivity contribution < 1.29 is 4.79 Å². The molecule has 1 heterocycles. The van der Waals surface area contributed by atoms with Gasteiger partial charge in [-0.2, -0.15) is 11.8 Å². The number of hydrogen-bond donors (Lipinski definition) is 1. The Morgan fingerprint density at radius 2 is 2.17 bits per heavy atom. The molecule has 1 aliphatic rings. The Balaban J connectivity index is 1.76. The number of anilines is 1. The molecule has 4 heteroatoms. The Hall–Kier alpha value is -1.03. The average Bonchev–Trinajstić information content (AvgIpc) is 2.40. The Labute approximate surface area is 113 Å². The number of nitrogen functional groups attached to an aromatic ring is 1. The van der Waals surface area contributed by atoms with E-state index in [4.69, 9.17) is 5.73 Å². The molecule has 3 nitrogen and oxygen atoms in total. The number of nitrogens with two attached hydrogens (primary N) is 1. The van der Waals surface area contributed by atoms with E-state index in [1.807, 2.05) is 23.9 Å². The highest BCUT2D eigenvalue weighted by molar-refractivity contribution is 8.00. The number of aromatic nitrogens is 1. The van der Waals surface area contributed by atoms with Gasteiger partial charge in [-0.1, -0.05) is 25.3 Å². The summed E-state index contributed by atoms with van der Waals surface area (Å²) in [6.07, 6.45) is 8.61. The Morgan fingerprint density at radius 3 is 2.89 bits per heavy atom. The molecule has 2 N–H and O–H groups in total. The largest absolute Gasteiger partial charge is 0.383 e. The van der Waals surface area contributed by atoms with Gasteiger partial charge in [-0.3, -0.25) is 4.79 Å². The van der Waals surface area contributed by atoms with Crippen molar-refractivity contribution in [3.8, 4) is 0 Å². The lowest BCUT2D eigenvalue weighted by Gasteiger charge is -2.20. The maximum atomic E-state index is 11.9. The molecule has 0 spiro atoms. The van der Waals surface area contributed by atoms with E-state index in [9.17, 15) is 4.79 Å². The van der Waals surface area contributed by atoms with Crippen LogP contribution < -0.4 is 5.73 Å². The van der Waals surface area contributed by atoms with Gasteiger partial charge in [0.2, 0.25) is 0 Å². The monoisotopic (exact) mass is 264 g/mol. The SMILES string of the molecule is Nc1ncccc1CC(=O)CSC1CCCCC1. The van der Waals surface area contributed by atoms with Crippen LogP contribution in [0.3, 0.4) is 0 Å². The van der Waals surface area contributed by atoms with E-state index in [1.54, 1.807) is 6.20 Å². The quantitative estimate of drug-likeness (QED) is 0.888. The number of nitrogens with zero attached hydrogens (tertiary/aromatic N) is 1. The predicted octanol–water partition coefficient (Wildman–Crippen LogP) is 2.84. The van der Waals surface area contributed by atoms with Gasteiger partial charge in [0.25, 0.3) is 0 Å². The van der Waals surface area contributed by atoms with Crippen LogP contribution in [0.4, 0.5) is 5.82 Å². The highest BCUT2D eigenvalue weighted by atomic mass is 32.2. The molecule has 18 heavy (non-hydrogen) atoms. The first kappa shape index (κ1) is 13.4. The maximum absolute atomic E-state index is 11.9. The number of Topliss-reactive ketones (excluding diaryl/α,β-unsaturated/α-hetero) is 1. The summed E-state index contributed by atoms with van der Waals surface area (Å²) in [4.78, 5) is 15.9. The Kier molecular flexibility index (Phi) is 5.05. The minimum Gasteiger partial charge on any atom is -0.383 e. The first-order valence-electron chi connectivity index (χ1n) is 6.58. The lowest BCUT2D eigenvalue weighted by molar-refractivity contribution is -0.116. The zero-order valence-electron chi connectivity index (χ0n) is 10.6. The van der Waals surface area contributed by atoms with Gasteiger partial charge in [-0.25, -0.2) is 4.98 Å². The van der Waals surface area contributed by atoms with Crippen LogP contribution in [0.15, 0.2) is 18.3 Å². The molecule has 1 aromatic heterocycles. The summed E-state index contributed by atoms with van der Waals surface area (Å²) in [5, 5.41) is 0.689. The molecule has 1 fully saturated rings. The molecule has 98 valence electrons. The van der Waals surface area contributed by atoms with Gasteiger partial charge in [-0.15, -0.1) is 0 Å². The summed E-state index contributed by atoms with van der Waals surface area (Å²) >= 11 is 1.82.